The van der Waals surface area contributed by atoms with Crippen LogP contribution in [0.4, 0.5) is 10.7 Å². The fourth-order valence-electron chi connectivity index (χ4n) is 4.78. The largest absolute Gasteiger partial charge is 0.462 e. The van der Waals surface area contributed by atoms with Gasteiger partial charge in [-0.1, -0.05) is 62.4 Å². The van der Waals surface area contributed by atoms with Gasteiger partial charge in [-0.25, -0.2) is 14.6 Å². The quantitative estimate of drug-likeness (QED) is 0.200. The van der Waals surface area contributed by atoms with E-state index in [0.29, 0.717) is 0 Å². The highest BCUT2D eigenvalue weighted by molar-refractivity contribution is 5.82. The van der Waals surface area contributed by atoms with Crippen LogP contribution in [0.25, 0.3) is 22.3 Å². The molecule has 2 heterocycles. The van der Waals surface area contributed by atoms with Gasteiger partial charge in [-0.05, 0) is 28.2 Å². The Labute approximate surface area is 229 Å². The number of rotatable bonds is 10. The van der Waals surface area contributed by atoms with Crippen LogP contribution in [0.1, 0.15) is 30.9 Å². The molecule has 0 saturated heterocycles. The smallest absolute Gasteiger partial charge is 0.407 e. The van der Waals surface area contributed by atoms with E-state index in [2.05, 4.69) is 32.4 Å². The van der Waals surface area contributed by atoms with E-state index in [1.165, 1.54) is 10.9 Å². The lowest BCUT2D eigenvalue weighted by atomic mass is 9.98. The van der Waals surface area contributed by atoms with Crippen molar-refractivity contribution in [1.29, 1.82) is 0 Å². The second kappa shape index (κ2) is 11.6. The minimum atomic E-state index is -0.896. The predicted molar refractivity (Wildman–Crippen MR) is 146 cm³/mol. The standard InChI is InChI=1S/C28H30N6O6/c1-16(2)22(26(36)39-12-11-38-15-34-14-30-23-24(34)32-27(29)33-25(23)35)31-28(37)40-13-21-19-9-5-3-7-17(19)18-8-4-6-10-20(18)21/h3-10,14,16,21-22H,11-13,15H2,1-2H3,(H,31,37)(H3,29,32,33,35)/t22-/m0/s1. The summed E-state index contributed by atoms with van der Waals surface area (Å²) >= 11 is 0. The molecule has 40 heavy (non-hydrogen) atoms. The Morgan fingerprint density at radius 3 is 2.40 bits per heavy atom. The number of H-pyrrole nitrogens is 1. The molecule has 0 unspecified atom stereocenters. The van der Waals surface area contributed by atoms with Crippen molar-refractivity contribution < 1.29 is 23.8 Å². The van der Waals surface area contributed by atoms with Crippen molar-refractivity contribution in [2.24, 2.45) is 5.92 Å². The van der Waals surface area contributed by atoms with Gasteiger partial charge in [0.15, 0.2) is 11.2 Å². The van der Waals surface area contributed by atoms with Crippen LogP contribution < -0.4 is 16.6 Å². The number of ether oxygens (including phenoxy) is 3. The van der Waals surface area contributed by atoms with E-state index in [9.17, 15) is 14.4 Å². The summed E-state index contributed by atoms with van der Waals surface area (Å²) in [6.45, 7) is 3.79. The molecular weight excluding hydrogens is 516 g/mol. The normalized spacial score (nSPS) is 13.2. The third-order valence-corrected chi connectivity index (χ3v) is 6.73. The zero-order chi connectivity index (χ0) is 28.2. The highest BCUT2D eigenvalue weighted by Gasteiger charge is 2.30. The summed E-state index contributed by atoms with van der Waals surface area (Å²) in [6, 6.07) is 15.2. The van der Waals surface area contributed by atoms with Gasteiger partial charge >= 0.3 is 12.1 Å². The van der Waals surface area contributed by atoms with Crippen molar-refractivity contribution in [2.45, 2.75) is 32.5 Å². The maximum absolute atomic E-state index is 12.7. The number of nitrogens with one attached hydrogen (secondary N) is 2. The van der Waals surface area contributed by atoms with E-state index in [0.717, 1.165) is 22.3 Å². The molecule has 0 saturated carbocycles. The SMILES string of the molecule is CC(C)[C@H](NC(=O)OCC1c2ccccc2-c2ccccc21)C(=O)OCCOCn1cnc2c(=O)[nH]c(N)nc21. The van der Waals surface area contributed by atoms with E-state index in [1.807, 2.05) is 36.4 Å². The highest BCUT2D eigenvalue weighted by Crippen LogP contribution is 2.44. The second-order valence-electron chi connectivity index (χ2n) is 9.73. The second-order valence-corrected chi connectivity index (χ2v) is 9.73. The topological polar surface area (TPSA) is 163 Å². The molecule has 1 atom stereocenters. The number of aromatic amines is 1. The zero-order valence-corrected chi connectivity index (χ0v) is 22.1. The minimum Gasteiger partial charge on any atom is -0.462 e. The molecule has 12 nitrogen and oxygen atoms in total. The predicted octanol–water partition coefficient (Wildman–Crippen LogP) is 2.78. The Bertz CT molecular complexity index is 1550. The van der Waals surface area contributed by atoms with Crippen LogP contribution in [0.3, 0.4) is 0 Å². The van der Waals surface area contributed by atoms with Crippen LogP contribution in [-0.4, -0.2) is 57.4 Å². The Morgan fingerprint density at radius 2 is 1.73 bits per heavy atom. The van der Waals surface area contributed by atoms with Gasteiger partial charge in [-0.3, -0.25) is 14.3 Å². The van der Waals surface area contributed by atoms with Gasteiger partial charge in [0.2, 0.25) is 5.95 Å². The number of amides is 1. The molecule has 2 aromatic carbocycles. The first-order valence-electron chi connectivity index (χ1n) is 12.9. The molecule has 12 heteroatoms. The number of nitrogens with zero attached hydrogens (tertiary/aromatic N) is 3. The number of hydrogen-bond acceptors (Lipinski definition) is 9. The third kappa shape index (κ3) is 5.52. The van der Waals surface area contributed by atoms with Crippen molar-refractivity contribution in [1.82, 2.24) is 24.8 Å². The molecule has 2 aromatic heterocycles. The average Bonchev–Trinajstić information content (AvgIpc) is 3.49. The van der Waals surface area contributed by atoms with Gasteiger partial charge in [0.05, 0.1) is 12.9 Å². The molecule has 4 N–H and O–H groups in total. The van der Waals surface area contributed by atoms with Crippen LogP contribution in [0.15, 0.2) is 59.7 Å². The Kier molecular flexibility index (Phi) is 7.78. The molecular formula is C28H30N6O6. The van der Waals surface area contributed by atoms with Crippen LogP contribution in [-0.2, 0) is 25.7 Å². The monoisotopic (exact) mass is 546 g/mol. The molecule has 208 valence electrons. The van der Waals surface area contributed by atoms with E-state index in [-0.39, 0.29) is 55.5 Å². The summed E-state index contributed by atoms with van der Waals surface area (Å²) in [5.41, 5.74) is 10.0. The van der Waals surface area contributed by atoms with Crippen molar-refractivity contribution in [3.05, 3.63) is 76.3 Å². The number of nitrogens with two attached hydrogens (primary N) is 1. The van der Waals surface area contributed by atoms with Gasteiger partial charge in [0.1, 0.15) is 26.0 Å². The van der Waals surface area contributed by atoms with E-state index < -0.39 is 23.7 Å². The third-order valence-electron chi connectivity index (χ3n) is 6.73. The number of benzene rings is 2. The van der Waals surface area contributed by atoms with E-state index in [1.54, 1.807) is 13.8 Å². The summed E-state index contributed by atoms with van der Waals surface area (Å²) in [7, 11) is 0. The molecule has 0 spiro atoms. The number of carbonyl (C=O) groups is 2. The average molecular weight is 547 g/mol. The lowest BCUT2D eigenvalue weighted by Crippen LogP contribution is -2.46. The Morgan fingerprint density at radius 1 is 1.05 bits per heavy atom. The number of hydrogen-bond donors (Lipinski definition) is 3. The number of alkyl carbamates (subject to hydrolysis) is 1. The fourth-order valence-corrected chi connectivity index (χ4v) is 4.78. The lowest BCUT2D eigenvalue weighted by Gasteiger charge is -2.21. The summed E-state index contributed by atoms with van der Waals surface area (Å²) < 4.78 is 18.0. The van der Waals surface area contributed by atoms with Crippen molar-refractivity contribution in [3.63, 3.8) is 0 Å². The first-order valence-corrected chi connectivity index (χ1v) is 12.9. The molecule has 0 aliphatic heterocycles. The minimum absolute atomic E-state index is 0.0234. The molecule has 0 bridgehead atoms. The maximum atomic E-state index is 12.7. The van der Waals surface area contributed by atoms with E-state index >= 15 is 0 Å². The first-order chi connectivity index (χ1) is 19.3. The number of esters is 1. The van der Waals surface area contributed by atoms with Crippen LogP contribution in [0.2, 0.25) is 0 Å². The fraction of sp³-hybridized carbons (Fsp3) is 0.321. The Hall–Kier alpha value is -4.71. The van der Waals surface area contributed by atoms with Gasteiger partial charge in [-0.15, -0.1) is 0 Å². The number of imidazole rings is 1. The zero-order valence-electron chi connectivity index (χ0n) is 22.1. The van der Waals surface area contributed by atoms with Gasteiger partial charge in [-0.2, -0.15) is 4.98 Å². The van der Waals surface area contributed by atoms with Crippen molar-refractivity contribution in [2.75, 3.05) is 25.6 Å². The molecule has 5 rings (SSSR count). The van der Waals surface area contributed by atoms with Gasteiger partial charge in [0.25, 0.3) is 5.56 Å². The Balaban J connectivity index is 1.10. The summed E-state index contributed by atoms with van der Waals surface area (Å²) in [4.78, 5) is 47.7. The van der Waals surface area contributed by atoms with Crippen LogP contribution >= 0.6 is 0 Å². The summed E-state index contributed by atoms with van der Waals surface area (Å²) in [5, 5.41) is 2.64. The van der Waals surface area contributed by atoms with Gasteiger partial charge in [0, 0.05) is 5.92 Å². The van der Waals surface area contributed by atoms with Crippen LogP contribution in [0, 0.1) is 5.92 Å². The molecule has 1 amide bonds. The number of fused-ring (bicyclic) bond motifs is 4. The molecule has 0 radical (unpaired) electrons. The van der Waals surface area contributed by atoms with Gasteiger partial charge < -0.3 is 25.3 Å². The summed E-state index contributed by atoms with van der Waals surface area (Å²) in [6.07, 6.45) is 0.716. The van der Waals surface area contributed by atoms with Crippen LogP contribution in [0.5, 0.6) is 0 Å². The maximum Gasteiger partial charge on any atom is 0.407 e. The number of carbonyl (C=O) groups excluding carboxylic acids is 2. The first kappa shape index (κ1) is 26.9. The molecule has 0 fully saturated rings. The lowest BCUT2D eigenvalue weighted by molar-refractivity contribution is -0.149. The number of anilines is 1. The molecule has 4 aromatic rings. The highest BCUT2D eigenvalue weighted by atomic mass is 16.6. The van der Waals surface area contributed by atoms with Crippen molar-refractivity contribution >= 4 is 29.2 Å². The number of aromatic nitrogens is 4. The van der Waals surface area contributed by atoms with E-state index in [4.69, 9.17) is 19.9 Å². The van der Waals surface area contributed by atoms with Crippen molar-refractivity contribution in [3.8, 4) is 11.1 Å². The summed E-state index contributed by atoms with van der Waals surface area (Å²) in [5.74, 6) is -0.948. The number of nitrogen functional groups attached to an aromatic ring is 1. The molecule has 1 aliphatic carbocycles. The molecule has 1 aliphatic rings.